The van der Waals surface area contributed by atoms with Crippen molar-refractivity contribution >= 4 is 11.4 Å². The number of hydrogen-bond donors (Lipinski definition) is 3. The zero-order chi connectivity index (χ0) is 11.6. The number of nitrogens with one attached hydrogen (secondary N) is 2. The van der Waals surface area contributed by atoms with E-state index in [0.29, 0.717) is 5.75 Å². The van der Waals surface area contributed by atoms with Crippen LogP contribution in [-0.4, -0.2) is 19.2 Å². The summed E-state index contributed by atoms with van der Waals surface area (Å²) in [6, 6.07) is 3.88. The van der Waals surface area contributed by atoms with Gasteiger partial charge in [-0.2, -0.15) is 0 Å². The average molecular weight is 208 g/mol. The minimum atomic E-state index is -0.0669. The van der Waals surface area contributed by atoms with Crippen molar-refractivity contribution < 1.29 is 5.11 Å². The van der Waals surface area contributed by atoms with Crippen LogP contribution >= 0.6 is 0 Å². The molecule has 0 aliphatic rings. The lowest BCUT2D eigenvalue weighted by Gasteiger charge is -2.23. The van der Waals surface area contributed by atoms with Gasteiger partial charge in [-0.25, -0.2) is 0 Å². The van der Waals surface area contributed by atoms with Crippen LogP contribution in [0.4, 0.5) is 11.4 Å². The van der Waals surface area contributed by atoms with E-state index in [9.17, 15) is 5.11 Å². The minimum Gasteiger partial charge on any atom is -0.505 e. The fourth-order valence-electron chi connectivity index (χ4n) is 1.54. The largest absolute Gasteiger partial charge is 0.505 e. The summed E-state index contributed by atoms with van der Waals surface area (Å²) in [5.41, 5.74) is 2.63. The molecule has 84 valence electrons. The van der Waals surface area contributed by atoms with E-state index in [2.05, 4.69) is 31.4 Å². The monoisotopic (exact) mass is 208 g/mol. The number of hydrogen-bond acceptors (Lipinski definition) is 3. The Morgan fingerprint density at radius 2 is 1.67 bits per heavy atom. The molecule has 0 aliphatic heterocycles. The number of rotatable bonds is 2. The molecule has 0 aromatic heterocycles. The lowest BCUT2D eigenvalue weighted by atomic mass is 9.85. The maximum atomic E-state index is 10.1. The molecule has 15 heavy (non-hydrogen) atoms. The molecule has 0 aliphatic carbocycles. The van der Waals surface area contributed by atoms with Gasteiger partial charge in [-0.1, -0.05) is 20.8 Å². The second kappa shape index (κ2) is 4.01. The van der Waals surface area contributed by atoms with Crippen molar-refractivity contribution in [2.24, 2.45) is 0 Å². The zero-order valence-corrected chi connectivity index (χ0v) is 10.1. The van der Waals surface area contributed by atoms with Gasteiger partial charge in [0.2, 0.25) is 0 Å². The number of aromatic hydroxyl groups is 1. The first-order chi connectivity index (χ1) is 6.90. The van der Waals surface area contributed by atoms with Crippen LogP contribution in [0, 0.1) is 0 Å². The summed E-state index contributed by atoms with van der Waals surface area (Å²) in [5, 5.41) is 16.1. The molecule has 0 spiro atoms. The molecule has 0 saturated carbocycles. The molecule has 0 saturated heterocycles. The Hall–Kier alpha value is -1.38. The van der Waals surface area contributed by atoms with Gasteiger partial charge in [0.05, 0.1) is 5.69 Å². The SMILES string of the molecule is CNc1cc(NC)c(O)c(C(C)(C)C)c1. The lowest BCUT2D eigenvalue weighted by Crippen LogP contribution is -2.12. The summed E-state index contributed by atoms with van der Waals surface area (Å²) in [5.74, 6) is 0.337. The van der Waals surface area contributed by atoms with Gasteiger partial charge < -0.3 is 15.7 Å². The van der Waals surface area contributed by atoms with Crippen molar-refractivity contribution in [3.05, 3.63) is 17.7 Å². The van der Waals surface area contributed by atoms with E-state index in [0.717, 1.165) is 16.9 Å². The van der Waals surface area contributed by atoms with E-state index < -0.39 is 0 Å². The molecule has 0 amide bonds. The van der Waals surface area contributed by atoms with Gasteiger partial charge in [0, 0.05) is 25.3 Å². The Labute approximate surface area is 91.5 Å². The maximum Gasteiger partial charge on any atom is 0.142 e. The summed E-state index contributed by atoms with van der Waals surface area (Å²) < 4.78 is 0. The lowest BCUT2D eigenvalue weighted by molar-refractivity contribution is 0.449. The fourth-order valence-corrected chi connectivity index (χ4v) is 1.54. The molecule has 3 nitrogen and oxygen atoms in total. The Morgan fingerprint density at radius 3 is 2.07 bits per heavy atom. The van der Waals surface area contributed by atoms with Crippen LogP contribution in [0.3, 0.4) is 0 Å². The molecule has 3 N–H and O–H groups in total. The second-order valence-corrected chi connectivity index (χ2v) is 4.67. The van der Waals surface area contributed by atoms with Crippen molar-refractivity contribution in [3.8, 4) is 5.75 Å². The van der Waals surface area contributed by atoms with Gasteiger partial charge in [-0.05, 0) is 17.5 Å². The zero-order valence-electron chi connectivity index (χ0n) is 10.1. The topological polar surface area (TPSA) is 44.3 Å². The van der Waals surface area contributed by atoms with E-state index in [1.807, 2.05) is 19.2 Å². The highest BCUT2D eigenvalue weighted by Gasteiger charge is 2.20. The first-order valence-corrected chi connectivity index (χ1v) is 5.13. The van der Waals surface area contributed by atoms with Crippen molar-refractivity contribution in [2.75, 3.05) is 24.7 Å². The molecule has 1 rings (SSSR count). The average Bonchev–Trinajstić information content (AvgIpc) is 2.16. The predicted octanol–water partition coefficient (Wildman–Crippen LogP) is 2.77. The van der Waals surface area contributed by atoms with Crippen LogP contribution in [-0.2, 0) is 5.41 Å². The molecule has 0 fully saturated rings. The highest BCUT2D eigenvalue weighted by atomic mass is 16.3. The van der Waals surface area contributed by atoms with Crippen molar-refractivity contribution in [3.63, 3.8) is 0 Å². The summed E-state index contributed by atoms with van der Waals surface area (Å²) in [4.78, 5) is 0. The van der Waals surface area contributed by atoms with Crippen LogP contribution in [0.1, 0.15) is 26.3 Å². The van der Waals surface area contributed by atoms with Crippen molar-refractivity contribution in [2.45, 2.75) is 26.2 Å². The number of phenols is 1. The van der Waals surface area contributed by atoms with Gasteiger partial charge in [0.1, 0.15) is 5.75 Å². The smallest absolute Gasteiger partial charge is 0.142 e. The normalized spacial score (nSPS) is 11.3. The number of phenolic OH excluding ortho intramolecular Hbond substituents is 1. The molecule has 3 heteroatoms. The predicted molar refractivity (Wildman–Crippen MR) is 65.9 cm³/mol. The quantitative estimate of drug-likeness (QED) is 0.517. The standard InChI is InChI=1S/C12H20N2O/c1-12(2,3)9-6-8(13-4)7-10(14-5)11(9)15/h6-7,13-15H,1-5H3. The van der Waals surface area contributed by atoms with Gasteiger partial charge in [0.15, 0.2) is 0 Å². The minimum absolute atomic E-state index is 0.0669. The second-order valence-electron chi connectivity index (χ2n) is 4.67. The van der Waals surface area contributed by atoms with E-state index >= 15 is 0 Å². The summed E-state index contributed by atoms with van der Waals surface area (Å²) >= 11 is 0. The van der Waals surface area contributed by atoms with Crippen LogP contribution in [0.15, 0.2) is 12.1 Å². The van der Waals surface area contributed by atoms with Crippen LogP contribution in [0.2, 0.25) is 0 Å². The Kier molecular flexibility index (Phi) is 3.12. The van der Waals surface area contributed by atoms with Crippen LogP contribution in [0.5, 0.6) is 5.75 Å². The number of anilines is 2. The fraction of sp³-hybridized carbons (Fsp3) is 0.500. The molecule has 0 heterocycles. The van der Waals surface area contributed by atoms with E-state index in [1.54, 1.807) is 7.05 Å². The van der Waals surface area contributed by atoms with Gasteiger partial charge in [-0.3, -0.25) is 0 Å². The molecular weight excluding hydrogens is 188 g/mol. The van der Waals surface area contributed by atoms with Gasteiger partial charge in [0.25, 0.3) is 0 Å². The maximum absolute atomic E-state index is 10.1. The molecule has 0 bridgehead atoms. The first-order valence-electron chi connectivity index (χ1n) is 5.13. The molecule has 1 aromatic carbocycles. The van der Waals surface area contributed by atoms with Crippen molar-refractivity contribution in [1.29, 1.82) is 0 Å². The highest BCUT2D eigenvalue weighted by molar-refractivity contribution is 5.68. The molecule has 0 atom stereocenters. The van der Waals surface area contributed by atoms with Gasteiger partial charge >= 0.3 is 0 Å². The first kappa shape index (κ1) is 11.7. The van der Waals surface area contributed by atoms with E-state index in [1.165, 1.54) is 0 Å². The molecular formula is C12H20N2O. The number of benzene rings is 1. The van der Waals surface area contributed by atoms with Crippen LogP contribution < -0.4 is 10.6 Å². The van der Waals surface area contributed by atoms with Crippen molar-refractivity contribution in [1.82, 2.24) is 0 Å². The molecule has 0 unspecified atom stereocenters. The summed E-state index contributed by atoms with van der Waals surface area (Å²) in [7, 11) is 3.68. The summed E-state index contributed by atoms with van der Waals surface area (Å²) in [6.07, 6.45) is 0. The highest BCUT2D eigenvalue weighted by Crippen LogP contribution is 2.38. The van der Waals surface area contributed by atoms with E-state index in [-0.39, 0.29) is 5.41 Å². The Balaban J connectivity index is 3.37. The third kappa shape index (κ3) is 2.35. The van der Waals surface area contributed by atoms with Gasteiger partial charge in [-0.15, -0.1) is 0 Å². The molecule has 0 radical (unpaired) electrons. The van der Waals surface area contributed by atoms with E-state index in [4.69, 9.17) is 0 Å². The molecule has 1 aromatic rings. The Morgan fingerprint density at radius 1 is 1.07 bits per heavy atom. The third-order valence-electron chi connectivity index (χ3n) is 2.48. The Bertz CT molecular complexity index is 353. The third-order valence-corrected chi connectivity index (χ3v) is 2.48. The summed E-state index contributed by atoms with van der Waals surface area (Å²) in [6.45, 7) is 6.25. The van der Waals surface area contributed by atoms with Crippen LogP contribution in [0.25, 0.3) is 0 Å².